The Labute approximate surface area is 196 Å². The molecular weight excluding hydrogens is 432 g/mol. The highest BCUT2D eigenvalue weighted by molar-refractivity contribution is 6.08. The summed E-state index contributed by atoms with van der Waals surface area (Å²) >= 11 is 0. The Bertz CT molecular complexity index is 1490. The molecule has 0 amide bonds. The van der Waals surface area contributed by atoms with Crippen LogP contribution in [-0.4, -0.2) is 53.2 Å². The third kappa shape index (κ3) is 4.00. The molecule has 34 heavy (non-hydrogen) atoms. The molecule has 4 rings (SSSR count). The van der Waals surface area contributed by atoms with Gasteiger partial charge in [-0.3, -0.25) is 19.5 Å². The van der Waals surface area contributed by atoms with Gasteiger partial charge < -0.3 is 14.4 Å². The van der Waals surface area contributed by atoms with Crippen molar-refractivity contribution in [2.24, 2.45) is 7.05 Å². The molecule has 9 nitrogen and oxygen atoms in total. The Morgan fingerprint density at radius 3 is 2.35 bits per heavy atom. The van der Waals surface area contributed by atoms with Crippen molar-refractivity contribution in [1.82, 2.24) is 14.0 Å². The summed E-state index contributed by atoms with van der Waals surface area (Å²) in [6.45, 7) is 1.86. The maximum absolute atomic E-state index is 13.3. The highest BCUT2D eigenvalue weighted by Crippen LogP contribution is 2.32. The fourth-order valence-electron chi connectivity index (χ4n) is 4.29. The number of non-ortho nitro benzene ring substituents is 1. The number of aromatic nitrogens is 2. The van der Waals surface area contributed by atoms with E-state index >= 15 is 0 Å². The number of nitriles is 1. The number of nitrogens with zero attached hydrogens (tertiary/aromatic N) is 6. The van der Waals surface area contributed by atoms with Crippen molar-refractivity contribution >= 4 is 33.3 Å². The topological polar surface area (TPSA) is 100 Å². The van der Waals surface area contributed by atoms with Gasteiger partial charge >= 0.3 is 0 Å². The van der Waals surface area contributed by atoms with Gasteiger partial charge in [0, 0.05) is 49.5 Å². The smallest absolute Gasteiger partial charge is 0.273 e. The summed E-state index contributed by atoms with van der Waals surface area (Å²) in [7, 11) is 8.04. The fourth-order valence-corrected chi connectivity index (χ4v) is 4.29. The zero-order valence-corrected chi connectivity index (χ0v) is 19.6. The second kappa shape index (κ2) is 9.00. The third-order valence-electron chi connectivity index (χ3n) is 6.12. The Kier molecular flexibility index (Phi) is 6.09. The summed E-state index contributed by atoms with van der Waals surface area (Å²) in [6, 6.07) is 15.5. The molecule has 0 aliphatic rings. The zero-order chi connectivity index (χ0) is 24.6. The van der Waals surface area contributed by atoms with Crippen molar-refractivity contribution in [3.05, 3.63) is 74.6 Å². The first-order chi connectivity index (χ1) is 16.2. The third-order valence-corrected chi connectivity index (χ3v) is 6.12. The van der Waals surface area contributed by atoms with Gasteiger partial charge in [0.05, 0.1) is 21.5 Å². The number of nitro benzene ring substituents is 1. The molecule has 2 aromatic carbocycles. The van der Waals surface area contributed by atoms with E-state index in [1.54, 1.807) is 6.07 Å². The summed E-state index contributed by atoms with van der Waals surface area (Å²) < 4.78 is 3.44. The van der Waals surface area contributed by atoms with Gasteiger partial charge in [-0.1, -0.05) is 0 Å². The number of aryl methyl sites for hydroxylation is 1. The lowest BCUT2D eigenvalue weighted by Crippen LogP contribution is -2.23. The minimum atomic E-state index is -0.482. The minimum absolute atomic E-state index is 0.0118. The van der Waals surface area contributed by atoms with E-state index in [0.29, 0.717) is 11.2 Å². The van der Waals surface area contributed by atoms with Gasteiger partial charge in [-0.15, -0.1) is 0 Å². The van der Waals surface area contributed by atoms with E-state index in [9.17, 15) is 20.2 Å². The van der Waals surface area contributed by atoms with Crippen LogP contribution in [0.25, 0.3) is 27.6 Å². The normalized spacial score (nSPS) is 11.3. The minimum Gasteiger partial charge on any atom is -0.375 e. The number of hydrogen-bond acceptors (Lipinski definition) is 6. The number of anilines is 1. The molecule has 2 aromatic heterocycles. The van der Waals surface area contributed by atoms with Gasteiger partial charge in [0.1, 0.15) is 11.6 Å². The molecule has 0 fully saturated rings. The van der Waals surface area contributed by atoms with Crippen LogP contribution >= 0.6 is 0 Å². The maximum Gasteiger partial charge on any atom is 0.273 e. The molecule has 174 valence electrons. The number of pyridine rings is 1. The van der Waals surface area contributed by atoms with Crippen molar-refractivity contribution < 1.29 is 4.92 Å². The average Bonchev–Trinajstić information content (AvgIpc) is 3.09. The molecule has 0 bridgehead atoms. The van der Waals surface area contributed by atoms with Gasteiger partial charge in [-0.2, -0.15) is 5.26 Å². The molecule has 4 aromatic rings. The molecule has 0 spiro atoms. The molecular formula is C25H26N6O3. The lowest BCUT2D eigenvalue weighted by molar-refractivity contribution is -0.384. The van der Waals surface area contributed by atoms with E-state index in [4.69, 9.17) is 0 Å². The number of rotatable bonds is 7. The quantitative estimate of drug-likeness (QED) is 0.310. The van der Waals surface area contributed by atoms with Crippen LogP contribution in [0.4, 0.5) is 11.4 Å². The number of hydrogen-bond donors (Lipinski definition) is 0. The van der Waals surface area contributed by atoms with Crippen molar-refractivity contribution in [2.75, 3.05) is 39.1 Å². The number of benzene rings is 2. The average molecular weight is 459 g/mol. The fraction of sp³-hybridized carbons (Fsp3) is 0.280. The van der Waals surface area contributed by atoms with Crippen molar-refractivity contribution in [1.29, 1.82) is 5.26 Å². The summed E-state index contributed by atoms with van der Waals surface area (Å²) in [6.07, 6.45) is 1.01. The molecule has 0 saturated heterocycles. The van der Waals surface area contributed by atoms with Crippen LogP contribution in [0.15, 0.2) is 53.3 Å². The van der Waals surface area contributed by atoms with E-state index in [0.717, 1.165) is 41.6 Å². The molecule has 0 radical (unpaired) electrons. The molecule has 0 N–H and O–H groups in total. The lowest BCUT2D eigenvalue weighted by atomic mass is 10.1. The Balaban J connectivity index is 1.95. The Hall–Kier alpha value is -4.16. The highest BCUT2D eigenvalue weighted by Gasteiger charge is 2.19. The van der Waals surface area contributed by atoms with Crippen LogP contribution in [-0.2, 0) is 7.05 Å². The summed E-state index contributed by atoms with van der Waals surface area (Å²) in [5.41, 5.74) is 3.30. The largest absolute Gasteiger partial charge is 0.375 e. The van der Waals surface area contributed by atoms with Gasteiger partial charge in [-0.25, -0.2) is 0 Å². The van der Waals surface area contributed by atoms with Crippen LogP contribution in [0.3, 0.4) is 0 Å². The van der Waals surface area contributed by atoms with Crippen molar-refractivity contribution in [3.8, 4) is 11.8 Å². The predicted octanol–water partition coefficient (Wildman–Crippen LogP) is 3.65. The van der Waals surface area contributed by atoms with Crippen molar-refractivity contribution in [2.45, 2.75) is 6.42 Å². The number of nitro groups is 1. The summed E-state index contributed by atoms with van der Waals surface area (Å²) in [5.74, 6) is 0. The van der Waals surface area contributed by atoms with Crippen LogP contribution in [0.1, 0.15) is 12.0 Å². The lowest BCUT2D eigenvalue weighted by Gasteiger charge is -2.20. The first kappa shape index (κ1) is 23.0. The van der Waals surface area contributed by atoms with Crippen molar-refractivity contribution in [3.63, 3.8) is 0 Å². The first-order valence-corrected chi connectivity index (χ1v) is 10.9. The Morgan fingerprint density at radius 2 is 1.74 bits per heavy atom. The predicted molar refractivity (Wildman–Crippen MR) is 134 cm³/mol. The molecule has 0 atom stereocenters. The van der Waals surface area contributed by atoms with Gasteiger partial charge in [0.25, 0.3) is 11.2 Å². The van der Waals surface area contributed by atoms with E-state index < -0.39 is 10.5 Å². The van der Waals surface area contributed by atoms with E-state index in [-0.39, 0.29) is 11.3 Å². The second-order valence-corrected chi connectivity index (χ2v) is 8.66. The van der Waals surface area contributed by atoms with E-state index in [2.05, 4.69) is 36.0 Å². The number of fused-ring (bicyclic) bond motifs is 3. The molecule has 9 heteroatoms. The van der Waals surface area contributed by atoms with Crippen LogP contribution in [0.2, 0.25) is 0 Å². The van der Waals surface area contributed by atoms with E-state index in [1.807, 2.05) is 30.8 Å². The summed E-state index contributed by atoms with van der Waals surface area (Å²) in [4.78, 5) is 28.2. The molecule has 0 aliphatic carbocycles. The summed E-state index contributed by atoms with van der Waals surface area (Å²) in [5, 5.41) is 21.6. The van der Waals surface area contributed by atoms with E-state index in [1.165, 1.54) is 28.8 Å². The standard InChI is InChI=1S/C25H26N6O3/c1-27(2)12-5-13-28(3)20-10-11-22-21(15-20)24-23(29(22)4)14-17(16-26)25(32)30(24)18-6-8-19(9-7-18)31(33)34/h6-11,14-15H,5,12-13H2,1-4H3. The van der Waals surface area contributed by atoms with Gasteiger partial charge in [-0.05, 0) is 63.5 Å². The Morgan fingerprint density at radius 1 is 1.03 bits per heavy atom. The SMILES string of the molecule is CN(C)CCCN(C)c1ccc2c(c1)c1c(cc(C#N)c(=O)n1-c1ccc([N+](=O)[O-])cc1)n2C. The highest BCUT2D eigenvalue weighted by atomic mass is 16.6. The molecule has 0 unspecified atom stereocenters. The molecule has 2 heterocycles. The monoisotopic (exact) mass is 458 g/mol. The van der Waals surface area contributed by atoms with Crippen LogP contribution in [0.5, 0.6) is 0 Å². The van der Waals surface area contributed by atoms with Crippen LogP contribution in [0, 0.1) is 21.4 Å². The van der Waals surface area contributed by atoms with Gasteiger partial charge in [0.2, 0.25) is 0 Å². The second-order valence-electron chi connectivity index (χ2n) is 8.66. The van der Waals surface area contributed by atoms with Crippen LogP contribution < -0.4 is 10.5 Å². The zero-order valence-electron chi connectivity index (χ0n) is 19.6. The molecule has 0 saturated carbocycles. The molecule has 0 aliphatic heterocycles. The van der Waals surface area contributed by atoms with Gasteiger partial charge in [0.15, 0.2) is 0 Å². The first-order valence-electron chi connectivity index (χ1n) is 10.9. The maximum atomic E-state index is 13.3.